The zero-order chi connectivity index (χ0) is 12.0. The Morgan fingerprint density at radius 1 is 1.25 bits per heavy atom. The van der Waals surface area contributed by atoms with Crippen molar-refractivity contribution < 1.29 is 13.2 Å². The zero-order valence-electron chi connectivity index (χ0n) is 9.74. The van der Waals surface area contributed by atoms with Gasteiger partial charge in [0.15, 0.2) is 0 Å². The van der Waals surface area contributed by atoms with E-state index in [4.69, 9.17) is 0 Å². The molecule has 0 amide bonds. The van der Waals surface area contributed by atoms with Crippen LogP contribution in [0.4, 0.5) is 13.2 Å². The molecule has 1 saturated heterocycles. The predicted molar refractivity (Wildman–Crippen MR) is 58.3 cm³/mol. The van der Waals surface area contributed by atoms with Crippen molar-refractivity contribution in [2.45, 2.75) is 32.4 Å². The number of alkyl halides is 3. The van der Waals surface area contributed by atoms with Crippen molar-refractivity contribution in [2.24, 2.45) is 11.8 Å². The molecule has 1 aliphatic rings. The Bertz CT molecular complexity index is 194. The van der Waals surface area contributed by atoms with Crippen LogP contribution < -0.4 is 10.6 Å². The van der Waals surface area contributed by atoms with E-state index < -0.39 is 12.6 Å². The van der Waals surface area contributed by atoms with Gasteiger partial charge in [-0.15, -0.1) is 0 Å². The van der Waals surface area contributed by atoms with Crippen molar-refractivity contribution in [3.63, 3.8) is 0 Å². The third kappa shape index (κ3) is 5.70. The molecule has 2 nitrogen and oxygen atoms in total. The Hall–Kier alpha value is -0.290. The Kier molecular flexibility index (Phi) is 5.55. The molecule has 0 spiro atoms. The van der Waals surface area contributed by atoms with Crippen molar-refractivity contribution in [1.82, 2.24) is 10.6 Å². The summed E-state index contributed by atoms with van der Waals surface area (Å²) in [6.45, 7) is 5.90. The predicted octanol–water partition coefficient (Wildman–Crippen LogP) is 2.16. The molecule has 0 unspecified atom stereocenters. The van der Waals surface area contributed by atoms with Gasteiger partial charge in [-0.3, -0.25) is 0 Å². The monoisotopic (exact) mass is 238 g/mol. The highest BCUT2D eigenvalue weighted by Gasteiger charge is 2.26. The van der Waals surface area contributed by atoms with Crippen molar-refractivity contribution in [1.29, 1.82) is 0 Å². The van der Waals surface area contributed by atoms with E-state index in [1.807, 2.05) is 0 Å². The van der Waals surface area contributed by atoms with Crippen LogP contribution >= 0.6 is 0 Å². The minimum absolute atomic E-state index is 0.231. The lowest BCUT2D eigenvalue weighted by molar-refractivity contribution is -0.135. The van der Waals surface area contributed by atoms with E-state index in [-0.39, 0.29) is 6.42 Å². The SMILES string of the molecule is C[C@@H]1CNC[C@H]1CNCCCCC(F)(F)F. The van der Waals surface area contributed by atoms with Crippen LogP contribution in [0.5, 0.6) is 0 Å². The molecule has 2 N–H and O–H groups in total. The topological polar surface area (TPSA) is 24.1 Å². The fourth-order valence-electron chi connectivity index (χ4n) is 2.00. The van der Waals surface area contributed by atoms with Crippen LogP contribution in [-0.4, -0.2) is 32.4 Å². The van der Waals surface area contributed by atoms with E-state index in [0.717, 1.165) is 19.6 Å². The number of hydrogen-bond acceptors (Lipinski definition) is 2. The molecule has 0 aromatic carbocycles. The zero-order valence-corrected chi connectivity index (χ0v) is 9.74. The summed E-state index contributed by atoms with van der Waals surface area (Å²) in [4.78, 5) is 0. The number of unbranched alkanes of at least 4 members (excludes halogenated alkanes) is 1. The van der Waals surface area contributed by atoms with Crippen LogP contribution in [0.15, 0.2) is 0 Å². The molecule has 1 fully saturated rings. The molecule has 0 aromatic rings. The number of halogens is 3. The third-order valence-corrected chi connectivity index (χ3v) is 3.15. The van der Waals surface area contributed by atoms with E-state index in [1.54, 1.807) is 0 Å². The molecule has 1 rings (SSSR count). The molecule has 0 aromatic heterocycles. The first-order valence-corrected chi connectivity index (χ1v) is 5.97. The molecular weight excluding hydrogens is 217 g/mol. The van der Waals surface area contributed by atoms with Crippen LogP contribution in [0.25, 0.3) is 0 Å². The van der Waals surface area contributed by atoms with Crippen molar-refractivity contribution in [3.8, 4) is 0 Å². The van der Waals surface area contributed by atoms with E-state index >= 15 is 0 Å². The summed E-state index contributed by atoms with van der Waals surface area (Å²) >= 11 is 0. The van der Waals surface area contributed by atoms with Crippen LogP contribution in [-0.2, 0) is 0 Å². The molecule has 1 aliphatic heterocycles. The van der Waals surface area contributed by atoms with Gasteiger partial charge in [-0.1, -0.05) is 6.92 Å². The van der Waals surface area contributed by atoms with Crippen LogP contribution in [0.2, 0.25) is 0 Å². The lowest BCUT2D eigenvalue weighted by Gasteiger charge is -2.14. The third-order valence-electron chi connectivity index (χ3n) is 3.15. The standard InChI is InChI=1S/C11H21F3N2/c1-9-6-16-8-10(9)7-15-5-3-2-4-11(12,13)14/h9-10,15-16H,2-8H2,1H3/t9-,10-/m1/s1. The number of hydrogen-bond donors (Lipinski definition) is 2. The maximum Gasteiger partial charge on any atom is 0.389 e. The summed E-state index contributed by atoms with van der Waals surface area (Å²) in [5.74, 6) is 1.30. The smallest absolute Gasteiger partial charge is 0.316 e. The lowest BCUT2D eigenvalue weighted by Crippen LogP contribution is -2.27. The normalized spacial score (nSPS) is 26.2. The maximum atomic E-state index is 11.8. The van der Waals surface area contributed by atoms with Gasteiger partial charge in [0, 0.05) is 6.42 Å². The molecule has 16 heavy (non-hydrogen) atoms. The summed E-state index contributed by atoms with van der Waals surface area (Å²) < 4.78 is 35.5. The van der Waals surface area contributed by atoms with Gasteiger partial charge in [0.2, 0.25) is 0 Å². The summed E-state index contributed by atoms with van der Waals surface area (Å²) in [7, 11) is 0. The second-order valence-corrected chi connectivity index (χ2v) is 4.67. The van der Waals surface area contributed by atoms with E-state index in [0.29, 0.717) is 24.8 Å². The van der Waals surface area contributed by atoms with Gasteiger partial charge < -0.3 is 10.6 Å². The van der Waals surface area contributed by atoms with Crippen LogP contribution in [0.3, 0.4) is 0 Å². The van der Waals surface area contributed by atoms with Gasteiger partial charge in [-0.2, -0.15) is 13.2 Å². The molecular formula is C11H21F3N2. The van der Waals surface area contributed by atoms with Crippen LogP contribution in [0.1, 0.15) is 26.2 Å². The van der Waals surface area contributed by atoms with Gasteiger partial charge in [0.1, 0.15) is 0 Å². The summed E-state index contributed by atoms with van der Waals surface area (Å²) in [5, 5.41) is 6.54. The quantitative estimate of drug-likeness (QED) is 0.693. The molecule has 0 aliphatic carbocycles. The minimum atomic E-state index is -4.00. The average molecular weight is 238 g/mol. The maximum absolute atomic E-state index is 11.8. The van der Waals surface area contributed by atoms with Crippen molar-refractivity contribution in [3.05, 3.63) is 0 Å². The number of nitrogens with one attached hydrogen (secondary N) is 2. The molecule has 1 heterocycles. The highest BCUT2D eigenvalue weighted by Crippen LogP contribution is 2.21. The minimum Gasteiger partial charge on any atom is -0.316 e. The van der Waals surface area contributed by atoms with E-state index in [1.165, 1.54) is 0 Å². The Morgan fingerprint density at radius 2 is 2.00 bits per heavy atom. The summed E-state index contributed by atoms with van der Waals surface area (Å²) in [5.41, 5.74) is 0. The molecule has 96 valence electrons. The second kappa shape index (κ2) is 6.45. The average Bonchev–Trinajstić information content (AvgIpc) is 2.56. The van der Waals surface area contributed by atoms with E-state index in [2.05, 4.69) is 17.6 Å². The highest BCUT2D eigenvalue weighted by atomic mass is 19.4. The molecule has 2 atom stereocenters. The Balaban J connectivity index is 1.92. The van der Waals surface area contributed by atoms with Gasteiger partial charge in [-0.05, 0) is 50.9 Å². The summed E-state index contributed by atoms with van der Waals surface area (Å²) in [6.07, 6.45) is -3.82. The first-order valence-electron chi connectivity index (χ1n) is 5.97. The highest BCUT2D eigenvalue weighted by molar-refractivity contribution is 4.79. The largest absolute Gasteiger partial charge is 0.389 e. The van der Waals surface area contributed by atoms with Gasteiger partial charge in [0.05, 0.1) is 0 Å². The van der Waals surface area contributed by atoms with E-state index in [9.17, 15) is 13.2 Å². The van der Waals surface area contributed by atoms with Gasteiger partial charge >= 0.3 is 6.18 Å². The fourth-order valence-corrected chi connectivity index (χ4v) is 2.00. The molecule has 0 bridgehead atoms. The molecule has 0 radical (unpaired) electrons. The molecule has 0 saturated carbocycles. The number of rotatable bonds is 6. The van der Waals surface area contributed by atoms with Crippen LogP contribution in [0, 0.1) is 11.8 Å². The van der Waals surface area contributed by atoms with Crippen molar-refractivity contribution in [2.75, 3.05) is 26.2 Å². The van der Waals surface area contributed by atoms with Gasteiger partial charge in [0.25, 0.3) is 0 Å². The van der Waals surface area contributed by atoms with Crippen molar-refractivity contribution >= 4 is 0 Å². The first-order chi connectivity index (χ1) is 7.49. The summed E-state index contributed by atoms with van der Waals surface area (Å²) in [6, 6.07) is 0. The first kappa shape index (κ1) is 13.8. The van der Waals surface area contributed by atoms with Gasteiger partial charge in [-0.25, -0.2) is 0 Å². The Morgan fingerprint density at radius 3 is 2.56 bits per heavy atom. The fraction of sp³-hybridized carbons (Fsp3) is 1.00. The lowest BCUT2D eigenvalue weighted by atomic mass is 9.98. The second-order valence-electron chi connectivity index (χ2n) is 4.67. The Labute approximate surface area is 95.0 Å². The molecule has 5 heteroatoms.